The number of nitrogens with one attached hydrogen (secondary N) is 1. The predicted molar refractivity (Wildman–Crippen MR) is 83.7 cm³/mol. The van der Waals surface area contributed by atoms with E-state index in [1.807, 2.05) is 0 Å². The van der Waals surface area contributed by atoms with Crippen molar-refractivity contribution in [3.8, 4) is 0 Å². The van der Waals surface area contributed by atoms with Crippen LogP contribution in [0.1, 0.15) is 20.3 Å². The number of aliphatic imine (C=N–C) groups is 1. The van der Waals surface area contributed by atoms with Crippen LogP contribution >= 0.6 is 46.6 Å². The van der Waals surface area contributed by atoms with Gasteiger partial charge in [-0.25, -0.2) is 0 Å². The number of halogens is 3. The van der Waals surface area contributed by atoms with Gasteiger partial charge >= 0.3 is 0 Å². The minimum atomic E-state index is -0.00161. The van der Waals surface area contributed by atoms with Crippen LogP contribution in [0.15, 0.2) is 17.1 Å². The minimum Gasteiger partial charge on any atom is -0.333 e. The Morgan fingerprint density at radius 1 is 1.33 bits per heavy atom. The third kappa shape index (κ3) is 3.08. The molecular weight excluding hydrogens is 311 g/mol. The maximum atomic E-state index is 6.12. The first kappa shape index (κ1) is 14.3. The Labute approximate surface area is 126 Å². The summed E-state index contributed by atoms with van der Waals surface area (Å²) in [6, 6.07) is 3.33. The van der Waals surface area contributed by atoms with E-state index in [2.05, 4.69) is 24.2 Å². The molecule has 2 nitrogen and oxygen atoms in total. The van der Waals surface area contributed by atoms with Crippen LogP contribution < -0.4 is 5.32 Å². The molecule has 1 unspecified atom stereocenters. The highest BCUT2D eigenvalue weighted by atomic mass is 35.5. The molecule has 0 saturated carbocycles. The molecule has 2 rings (SSSR count). The van der Waals surface area contributed by atoms with Gasteiger partial charge in [-0.15, -0.1) is 0 Å². The molecule has 0 fully saturated rings. The molecular formula is C12H13Cl3N2S. The van der Waals surface area contributed by atoms with E-state index < -0.39 is 0 Å². The molecule has 0 spiro atoms. The zero-order chi connectivity index (χ0) is 13.3. The Morgan fingerprint density at radius 3 is 2.44 bits per heavy atom. The van der Waals surface area contributed by atoms with Crippen LogP contribution in [-0.2, 0) is 0 Å². The van der Waals surface area contributed by atoms with Crippen LogP contribution in [0.5, 0.6) is 0 Å². The van der Waals surface area contributed by atoms with Crippen LogP contribution in [-0.4, -0.2) is 16.5 Å². The maximum Gasteiger partial charge on any atom is 0.161 e. The maximum absolute atomic E-state index is 6.12. The minimum absolute atomic E-state index is 0.00161. The predicted octanol–water partition coefficient (Wildman–Crippen LogP) is 5.33. The van der Waals surface area contributed by atoms with E-state index in [1.54, 1.807) is 23.9 Å². The van der Waals surface area contributed by atoms with E-state index in [0.717, 1.165) is 17.3 Å². The number of thioether (sulfide) groups is 1. The van der Waals surface area contributed by atoms with Crippen molar-refractivity contribution >= 4 is 57.4 Å². The quantitative estimate of drug-likeness (QED) is 0.795. The van der Waals surface area contributed by atoms with Crippen molar-refractivity contribution in [2.45, 2.75) is 25.8 Å². The van der Waals surface area contributed by atoms with Crippen molar-refractivity contribution in [1.82, 2.24) is 0 Å². The molecule has 1 heterocycles. The van der Waals surface area contributed by atoms with Crippen LogP contribution in [0.3, 0.4) is 0 Å². The zero-order valence-corrected chi connectivity index (χ0v) is 13.1. The van der Waals surface area contributed by atoms with Gasteiger partial charge in [0.2, 0.25) is 0 Å². The average Bonchev–Trinajstić information content (AvgIpc) is 2.66. The molecule has 18 heavy (non-hydrogen) atoms. The van der Waals surface area contributed by atoms with Crippen LogP contribution in [0.2, 0.25) is 15.1 Å². The lowest BCUT2D eigenvalue weighted by atomic mass is 10.0. The second-order valence-corrected chi connectivity index (χ2v) is 6.64. The Bertz CT molecular complexity index is 481. The van der Waals surface area contributed by atoms with Crippen LogP contribution in [0, 0.1) is 0 Å². The number of rotatable bonds is 2. The van der Waals surface area contributed by atoms with Crippen molar-refractivity contribution in [3.05, 3.63) is 27.2 Å². The van der Waals surface area contributed by atoms with Crippen molar-refractivity contribution in [2.24, 2.45) is 4.99 Å². The Morgan fingerprint density at radius 2 is 1.94 bits per heavy atom. The number of amidine groups is 1. The second-order valence-electron chi connectivity index (χ2n) is 4.43. The standard InChI is InChI=1S/C12H13Cl3N2S/c1-3-12(2)6-18-11(17-12)16-10-8(14)4-7(13)5-9(10)15/h4-5H,3,6H2,1-2H3,(H,16,17). The van der Waals surface area contributed by atoms with Gasteiger partial charge in [0.1, 0.15) is 0 Å². The lowest BCUT2D eigenvalue weighted by molar-refractivity contribution is 0.523. The molecule has 1 aromatic rings. The van der Waals surface area contributed by atoms with Crippen LogP contribution in [0.4, 0.5) is 5.69 Å². The van der Waals surface area contributed by atoms with Crippen molar-refractivity contribution < 1.29 is 0 Å². The molecule has 6 heteroatoms. The summed E-state index contributed by atoms with van der Waals surface area (Å²) in [5.74, 6) is 0.967. The lowest BCUT2D eigenvalue weighted by Gasteiger charge is -2.15. The van der Waals surface area contributed by atoms with Gasteiger partial charge in [0.15, 0.2) is 5.17 Å². The summed E-state index contributed by atoms with van der Waals surface area (Å²) < 4.78 is 0. The van der Waals surface area contributed by atoms with Gasteiger partial charge in [-0.1, -0.05) is 53.5 Å². The first-order valence-electron chi connectivity index (χ1n) is 5.58. The highest BCUT2D eigenvalue weighted by Gasteiger charge is 2.29. The van der Waals surface area contributed by atoms with Crippen molar-refractivity contribution in [2.75, 3.05) is 11.1 Å². The molecule has 1 atom stereocenters. The molecule has 0 aliphatic carbocycles. The monoisotopic (exact) mass is 322 g/mol. The van der Waals surface area contributed by atoms with E-state index in [1.165, 1.54) is 0 Å². The second kappa shape index (κ2) is 5.49. The highest BCUT2D eigenvalue weighted by Crippen LogP contribution is 2.36. The van der Waals surface area contributed by atoms with Crippen LogP contribution in [0.25, 0.3) is 0 Å². The van der Waals surface area contributed by atoms with E-state index in [4.69, 9.17) is 34.8 Å². The first-order valence-corrected chi connectivity index (χ1v) is 7.70. The molecule has 0 radical (unpaired) electrons. The van der Waals surface area contributed by atoms with Gasteiger partial charge in [0, 0.05) is 10.8 Å². The first-order chi connectivity index (χ1) is 8.43. The Kier molecular flexibility index (Phi) is 4.37. The van der Waals surface area contributed by atoms with Crippen molar-refractivity contribution in [1.29, 1.82) is 0 Å². The van der Waals surface area contributed by atoms with Gasteiger partial charge in [0.05, 0.1) is 21.3 Å². The highest BCUT2D eigenvalue weighted by molar-refractivity contribution is 8.14. The molecule has 1 aliphatic heterocycles. The Balaban J connectivity index is 2.24. The molecule has 1 aliphatic rings. The molecule has 98 valence electrons. The molecule has 0 saturated heterocycles. The SMILES string of the molecule is CCC1(C)CSC(Nc2c(Cl)cc(Cl)cc2Cl)=N1. The van der Waals surface area contributed by atoms with E-state index in [-0.39, 0.29) is 5.54 Å². The van der Waals surface area contributed by atoms with Gasteiger partial charge in [-0.05, 0) is 25.5 Å². The van der Waals surface area contributed by atoms with E-state index in [9.17, 15) is 0 Å². The molecule has 0 aromatic heterocycles. The van der Waals surface area contributed by atoms with Gasteiger partial charge in [0.25, 0.3) is 0 Å². The summed E-state index contributed by atoms with van der Waals surface area (Å²) in [5.41, 5.74) is 0.660. The van der Waals surface area contributed by atoms with E-state index >= 15 is 0 Å². The zero-order valence-electron chi connectivity index (χ0n) is 10.1. The fraction of sp³-hybridized carbons (Fsp3) is 0.417. The topological polar surface area (TPSA) is 24.4 Å². The van der Waals surface area contributed by atoms with Gasteiger partial charge in [-0.3, -0.25) is 4.99 Å². The molecule has 0 bridgehead atoms. The number of benzene rings is 1. The number of hydrogen-bond donors (Lipinski definition) is 1. The fourth-order valence-electron chi connectivity index (χ4n) is 1.55. The summed E-state index contributed by atoms with van der Waals surface area (Å²) in [7, 11) is 0. The fourth-order valence-corrected chi connectivity index (χ4v) is 3.63. The number of anilines is 1. The number of hydrogen-bond acceptors (Lipinski definition) is 3. The average molecular weight is 324 g/mol. The summed E-state index contributed by atoms with van der Waals surface area (Å²) >= 11 is 19.8. The molecule has 1 aromatic carbocycles. The Hall–Kier alpha value is -0.0900. The van der Waals surface area contributed by atoms with Gasteiger partial charge in [-0.2, -0.15) is 0 Å². The van der Waals surface area contributed by atoms with Gasteiger partial charge < -0.3 is 5.32 Å². The molecule has 0 amide bonds. The summed E-state index contributed by atoms with van der Waals surface area (Å²) in [5, 5.41) is 5.56. The van der Waals surface area contributed by atoms with Crippen molar-refractivity contribution in [3.63, 3.8) is 0 Å². The summed E-state index contributed by atoms with van der Waals surface area (Å²) in [4.78, 5) is 4.66. The smallest absolute Gasteiger partial charge is 0.161 e. The largest absolute Gasteiger partial charge is 0.333 e. The summed E-state index contributed by atoms with van der Waals surface area (Å²) in [6.07, 6.45) is 1.01. The molecule has 1 N–H and O–H groups in total. The normalized spacial score (nSPS) is 23.1. The summed E-state index contributed by atoms with van der Waals surface area (Å²) in [6.45, 7) is 4.27. The lowest BCUT2D eigenvalue weighted by Crippen LogP contribution is -2.20. The van der Waals surface area contributed by atoms with E-state index in [0.29, 0.717) is 20.8 Å². The number of nitrogens with zero attached hydrogens (tertiary/aromatic N) is 1. The third-order valence-corrected chi connectivity index (χ3v) is 4.94. The third-order valence-electron chi connectivity index (χ3n) is 2.89.